The summed E-state index contributed by atoms with van der Waals surface area (Å²) in [6.45, 7) is 2.46. The molecule has 0 spiro atoms. The third-order valence-corrected chi connectivity index (χ3v) is 4.56. The lowest BCUT2D eigenvalue weighted by Gasteiger charge is -2.41. The van der Waals surface area contributed by atoms with Crippen LogP contribution in [0.1, 0.15) is 39.5 Å². The highest BCUT2D eigenvalue weighted by atomic mass is 127. The van der Waals surface area contributed by atoms with Gasteiger partial charge in [0, 0.05) is 9.84 Å². The Kier molecular flexibility index (Phi) is 7.53. The summed E-state index contributed by atoms with van der Waals surface area (Å²) in [7, 11) is 0. The Morgan fingerprint density at radius 1 is 0.630 bits per heavy atom. The number of rotatable bonds is 9. The molecule has 1 unspecified atom stereocenters. The Bertz CT molecular complexity index is 507. The maximum Gasteiger partial charge on any atom is 0.460 e. The zero-order valence-electron chi connectivity index (χ0n) is 13.6. The molecule has 14 heteroatoms. The SMILES string of the molecule is CCCCC(C)(I)CC(F)(F)C(F)(F)C(F)(F)C(F)(F)C(F)(F)C(F)(F)F. The van der Waals surface area contributed by atoms with Crippen LogP contribution in [0.5, 0.6) is 0 Å². The molecular weight excluding hydrogens is 530 g/mol. The first-order valence-corrected chi connectivity index (χ1v) is 8.24. The molecule has 0 aliphatic heterocycles. The van der Waals surface area contributed by atoms with E-state index in [4.69, 9.17) is 0 Å². The maximum atomic E-state index is 13.7. The number of unbranched alkanes of at least 4 members (excludes halogenated alkanes) is 1. The second-order valence-electron chi connectivity index (χ2n) is 6.19. The topological polar surface area (TPSA) is 0 Å². The van der Waals surface area contributed by atoms with E-state index in [1.54, 1.807) is 6.92 Å². The van der Waals surface area contributed by atoms with Crippen LogP contribution in [0.2, 0.25) is 0 Å². The lowest BCUT2D eigenvalue weighted by Crippen LogP contribution is -2.70. The van der Waals surface area contributed by atoms with Gasteiger partial charge < -0.3 is 0 Å². The van der Waals surface area contributed by atoms with E-state index in [2.05, 4.69) is 0 Å². The summed E-state index contributed by atoms with van der Waals surface area (Å²) in [5.41, 5.74) is 0. The summed E-state index contributed by atoms with van der Waals surface area (Å²) in [5.74, 6) is -36.4. The van der Waals surface area contributed by atoms with E-state index < -0.39 is 45.6 Å². The summed E-state index contributed by atoms with van der Waals surface area (Å²) in [6.07, 6.45) is -9.27. The van der Waals surface area contributed by atoms with E-state index in [1.165, 1.54) is 22.6 Å². The normalized spacial score (nSPS) is 17.8. The fourth-order valence-corrected chi connectivity index (χ4v) is 2.87. The van der Waals surface area contributed by atoms with E-state index in [1.807, 2.05) is 0 Å². The molecule has 1 atom stereocenters. The van der Waals surface area contributed by atoms with Crippen molar-refractivity contribution < 1.29 is 57.1 Å². The first kappa shape index (κ1) is 26.8. The van der Waals surface area contributed by atoms with Crippen molar-refractivity contribution in [1.82, 2.24) is 0 Å². The molecule has 0 bridgehead atoms. The number of hydrogen-bond acceptors (Lipinski definition) is 0. The zero-order chi connectivity index (χ0) is 22.3. The minimum Gasteiger partial charge on any atom is -0.200 e. The van der Waals surface area contributed by atoms with E-state index >= 15 is 0 Å². The van der Waals surface area contributed by atoms with E-state index in [0.717, 1.165) is 6.92 Å². The average molecular weight is 544 g/mol. The van der Waals surface area contributed by atoms with Gasteiger partial charge in [-0.05, 0) is 6.42 Å². The van der Waals surface area contributed by atoms with Crippen LogP contribution in [0.15, 0.2) is 0 Å². The molecule has 0 saturated heterocycles. The fraction of sp³-hybridized carbons (Fsp3) is 1.00. The van der Waals surface area contributed by atoms with Gasteiger partial charge in [0.05, 0.1) is 0 Å². The number of alkyl halides is 14. The summed E-state index contributed by atoms with van der Waals surface area (Å²) in [5, 5.41) is 0. The fourth-order valence-electron chi connectivity index (χ4n) is 2.01. The lowest BCUT2D eigenvalue weighted by molar-refractivity contribution is -0.440. The third kappa shape index (κ3) is 4.70. The van der Waals surface area contributed by atoms with Gasteiger partial charge in [0.1, 0.15) is 0 Å². The monoisotopic (exact) mass is 544 g/mol. The zero-order valence-corrected chi connectivity index (χ0v) is 15.8. The first-order valence-electron chi connectivity index (χ1n) is 7.16. The van der Waals surface area contributed by atoms with Crippen LogP contribution in [-0.2, 0) is 0 Å². The molecule has 0 saturated carbocycles. The highest BCUT2D eigenvalue weighted by Crippen LogP contribution is 2.61. The summed E-state index contributed by atoms with van der Waals surface area (Å²) < 4.78 is 167. The Labute approximate surface area is 159 Å². The van der Waals surface area contributed by atoms with Gasteiger partial charge in [-0.25, -0.2) is 0 Å². The van der Waals surface area contributed by atoms with Gasteiger partial charge in [-0.15, -0.1) is 0 Å². The molecule has 27 heavy (non-hydrogen) atoms. The van der Waals surface area contributed by atoms with Crippen LogP contribution in [0, 0.1) is 0 Å². The van der Waals surface area contributed by atoms with Crippen molar-refractivity contribution in [3.63, 3.8) is 0 Å². The summed E-state index contributed by atoms with van der Waals surface area (Å²) >= 11 is 1.17. The van der Waals surface area contributed by atoms with Crippen molar-refractivity contribution in [2.45, 2.75) is 78.7 Å². The maximum absolute atomic E-state index is 13.7. The van der Waals surface area contributed by atoms with Gasteiger partial charge in [-0.3, -0.25) is 0 Å². The number of halogens is 14. The van der Waals surface area contributed by atoms with Gasteiger partial charge in [0.2, 0.25) is 0 Å². The van der Waals surface area contributed by atoms with Crippen LogP contribution in [0.4, 0.5) is 57.1 Å². The second kappa shape index (κ2) is 7.58. The van der Waals surface area contributed by atoms with Gasteiger partial charge in [-0.1, -0.05) is 49.3 Å². The van der Waals surface area contributed by atoms with Crippen LogP contribution in [-0.4, -0.2) is 39.2 Å². The largest absolute Gasteiger partial charge is 0.460 e. The molecule has 0 aliphatic carbocycles. The van der Waals surface area contributed by atoms with E-state index in [9.17, 15) is 57.1 Å². The number of hydrogen-bond donors (Lipinski definition) is 0. The van der Waals surface area contributed by atoms with Crippen LogP contribution < -0.4 is 0 Å². The van der Waals surface area contributed by atoms with Crippen molar-refractivity contribution in [2.75, 3.05) is 0 Å². The molecule has 0 rings (SSSR count). The Morgan fingerprint density at radius 3 is 1.33 bits per heavy atom. The minimum absolute atomic E-state index is 0.153. The Balaban J connectivity index is 6.08. The first-order chi connectivity index (χ1) is 11.5. The molecule has 0 aliphatic rings. The molecule has 0 heterocycles. The standard InChI is InChI=1S/C13H14F13I/c1-3-4-5-7(2,27)6-8(14,15)9(16,17)10(18,19)11(20,21)12(22,23)13(24,25)26/h3-6H2,1-2H3. The molecule has 0 amide bonds. The average Bonchev–Trinajstić information content (AvgIpc) is 2.42. The molecule has 164 valence electrons. The third-order valence-electron chi connectivity index (χ3n) is 3.64. The molecular formula is C13H14F13I. The molecule has 0 nitrogen and oxygen atoms in total. The summed E-state index contributed by atoms with van der Waals surface area (Å²) in [4.78, 5) is 0. The predicted molar refractivity (Wildman–Crippen MR) is 77.4 cm³/mol. The highest BCUT2D eigenvalue weighted by molar-refractivity contribution is 14.1. The van der Waals surface area contributed by atoms with Gasteiger partial charge in [0.15, 0.2) is 0 Å². The lowest BCUT2D eigenvalue weighted by atomic mass is 9.88. The minimum atomic E-state index is -7.84. The van der Waals surface area contributed by atoms with Crippen molar-refractivity contribution in [3.05, 3.63) is 0 Å². The van der Waals surface area contributed by atoms with Gasteiger partial charge in [-0.2, -0.15) is 57.1 Å². The van der Waals surface area contributed by atoms with Crippen LogP contribution >= 0.6 is 22.6 Å². The van der Waals surface area contributed by atoms with Crippen LogP contribution in [0.25, 0.3) is 0 Å². The Hall–Kier alpha value is -0.180. The van der Waals surface area contributed by atoms with Gasteiger partial charge >= 0.3 is 35.8 Å². The van der Waals surface area contributed by atoms with E-state index in [-0.39, 0.29) is 12.8 Å². The predicted octanol–water partition coefficient (Wildman–Crippen LogP) is 7.50. The second-order valence-corrected chi connectivity index (χ2v) is 8.80. The van der Waals surface area contributed by atoms with Crippen molar-refractivity contribution in [3.8, 4) is 0 Å². The van der Waals surface area contributed by atoms with Crippen molar-refractivity contribution >= 4 is 22.6 Å². The molecule has 0 N–H and O–H groups in total. The summed E-state index contributed by atoms with van der Waals surface area (Å²) in [6, 6.07) is 0. The van der Waals surface area contributed by atoms with E-state index in [0.29, 0.717) is 6.42 Å². The Morgan fingerprint density at radius 2 is 1.00 bits per heavy atom. The molecule has 0 fully saturated rings. The van der Waals surface area contributed by atoms with Gasteiger partial charge in [0.25, 0.3) is 0 Å². The molecule has 0 aromatic carbocycles. The van der Waals surface area contributed by atoms with Crippen LogP contribution in [0.3, 0.4) is 0 Å². The van der Waals surface area contributed by atoms with Crippen molar-refractivity contribution in [2.24, 2.45) is 0 Å². The van der Waals surface area contributed by atoms with Crippen molar-refractivity contribution in [1.29, 1.82) is 0 Å². The highest BCUT2D eigenvalue weighted by Gasteiger charge is 2.90. The smallest absolute Gasteiger partial charge is 0.200 e. The molecule has 0 aromatic heterocycles. The molecule has 0 radical (unpaired) electrons. The quantitative estimate of drug-likeness (QED) is 0.160. The molecule has 0 aromatic rings.